The molecule has 0 radical (unpaired) electrons. The van der Waals surface area contributed by atoms with Gasteiger partial charge in [-0.2, -0.15) is 0 Å². The van der Waals surface area contributed by atoms with Crippen LogP contribution in [0.5, 0.6) is 0 Å². The van der Waals surface area contributed by atoms with Crippen LogP contribution in [0.2, 0.25) is 0 Å². The number of likely N-dealkylation sites (N-methyl/N-ethyl adjacent to an activating group) is 1. The molecular weight excluding hydrogens is 849 g/mol. The zero-order chi connectivity index (χ0) is 50.0. The largest absolute Gasteiger partial charge is 0.444 e. The number of nitrogens with one attached hydrogen (secondary N) is 2. The quantitative estimate of drug-likeness (QED) is 0.0840. The second kappa shape index (κ2) is 27.4. The fourth-order valence-corrected chi connectivity index (χ4v) is 9.21. The smallest absolute Gasteiger partial charge is 0.410 e. The standard InChI is InChI=1S/C54H84N4O9/c1-15-37(6)43(29-28-38(7)49(60)47(35(2)3)56-52(62)48(36(4)5)57(12)53(63)67-54(9,10)11)45(64-13)32-46(59)58-30-22-27-44(58)50(65-14)39(8)51(61)55-42(31-40-23-18-16-19-24-40)34-66-33-41-25-20-17-21-26-41/h16-21,23-26,35-36,38-39,42-45,47-48,50H,6,15,22,27-34H2,1-5,7-14H3,(H,55,61)(H,56,62)/t38?,39-,42+,43?,44+,45-,47+,48+,50-/m1/s1. The lowest BCUT2D eigenvalue weighted by atomic mass is 9.82. The van der Waals surface area contributed by atoms with Gasteiger partial charge in [0.25, 0.3) is 0 Å². The van der Waals surface area contributed by atoms with Gasteiger partial charge in [-0.1, -0.05) is 121 Å². The third kappa shape index (κ3) is 17.5. The highest BCUT2D eigenvalue weighted by molar-refractivity contribution is 5.93. The van der Waals surface area contributed by atoms with Gasteiger partial charge in [0, 0.05) is 39.6 Å². The third-order valence-corrected chi connectivity index (χ3v) is 13.1. The fraction of sp³-hybridized carbons (Fsp3) is 0.648. The molecule has 2 unspecified atom stereocenters. The Bertz CT molecular complexity index is 1870. The van der Waals surface area contributed by atoms with Gasteiger partial charge in [-0.25, -0.2) is 4.79 Å². The van der Waals surface area contributed by atoms with E-state index in [4.69, 9.17) is 18.9 Å². The van der Waals surface area contributed by atoms with E-state index in [1.165, 1.54) is 4.90 Å². The average molecular weight is 933 g/mol. The van der Waals surface area contributed by atoms with Gasteiger partial charge in [0.1, 0.15) is 11.6 Å². The Morgan fingerprint density at radius 3 is 1.99 bits per heavy atom. The molecule has 2 N–H and O–H groups in total. The molecule has 1 aliphatic heterocycles. The number of Topliss-reactive ketones (excluding diaryl/α,β-unsaturated/α-hetero) is 1. The minimum absolute atomic E-state index is 0.0862. The van der Waals surface area contributed by atoms with Crippen molar-refractivity contribution in [3.8, 4) is 0 Å². The molecule has 9 atom stereocenters. The number of carbonyl (C=O) groups excluding carboxylic acids is 5. The van der Waals surface area contributed by atoms with Crippen molar-refractivity contribution in [2.75, 3.05) is 34.4 Å². The molecule has 374 valence electrons. The van der Waals surface area contributed by atoms with Crippen LogP contribution in [-0.4, -0.2) is 116 Å². The van der Waals surface area contributed by atoms with Crippen molar-refractivity contribution in [3.05, 3.63) is 83.9 Å². The van der Waals surface area contributed by atoms with Crippen LogP contribution in [0.25, 0.3) is 0 Å². The second-order valence-corrected chi connectivity index (χ2v) is 20.2. The van der Waals surface area contributed by atoms with Crippen LogP contribution in [0.15, 0.2) is 72.8 Å². The molecule has 13 heteroatoms. The topological polar surface area (TPSA) is 153 Å². The molecule has 2 aromatic carbocycles. The zero-order valence-corrected chi connectivity index (χ0v) is 43.0. The number of amides is 4. The minimum Gasteiger partial charge on any atom is -0.444 e. The normalized spacial score (nSPS) is 17.7. The molecule has 13 nitrogen and oxygen atoms in total. The average Bonchev–Trinajstić information content (AvgIpc) is 3.77. The van der Waals surface area contributed by atoms with Crippen molar-refractivity contribution in [3.63, 3.8) is 0 Å². The van der Waals surface area contributed by atoms with E-state index in [0.717, 1.165) is 23.1 Å². The van der Waals surface area contributed by atoms with Crippen LogP contribution >= 0.6 is 0 Å². The second-order valence-electron chi connectivity index (χ2n) is 20.2. The van der Waals surface area contributed by atoms with Crippen molar-refractivity contribution in [2.45, 2.75) is 163 Å². The summed E-state index contributed by atoms with van der Waals surface area (Å²) < 4.78 is 23.8. The Kier molecular flexibility index (Phi) is 23.2. The maximum absolute atomic E-state index is 14.4. The number of carbonyl (C=O) groups is 5. The lowest BCUT2D eigenvalue weighted by Gasteiger charge is -2.36. The molecule has 0 aromatic heterocycles. The van der Waals surface area contributed by atoms with Crippen LogP contribution in [0.4, 0.5) is 4.79 Å². The first-order valence-corrected chi connectivity index (χ1v) is 24.4. The summed E-state index contributed by atoms with van der Waals surface area (Å²) in [4.78, 5) is 72.5. The summed E-state index contributed by atoms with van der Waals surface area (Å²) in [5.41, 5.74) is 2.33. The zero-order valence-electron chi connectivity index (χ0n) is 43.0. The lowest BCUT2D eigenvalue weighted by molar-refractivity contribution is -0.142. The molecule has 3 rings (SSSR count). The maximum atomic E-state index is 14.4. The predicted molar refractivity (Wildman–Crippen MR) is 264 cm³/mol. The summed E-state index contributed by atoms with van der Waals surface area (Å²) in [5, 5.41) is 6.23. The molecular formula is C54H84N4O9. The van der Waals surface area contributed by atoms with Gasteiger partial charge in [0.2, 0.25) is 17.7 Å². The number of hydrogen-bond donors (Lipinski definition) is 2. The highest BCUT2D eigenvalue weighted by atomic mass is 16.6. The van der Waals surface area contributed by atoms with Gasteiger partial charge < -0.3 is 34.5 Å². The number of likely N-dealkylation sites (tertiary alicyclic amines) is 1. The summed E-state index contributed by atoms with van der Waals surface area (Å²) in [5.74, 6) is -2.45. The first-order valence-electron chi connectivity index (χ1n) is 24.4. The summed E-state index contributed by atoms with van der Waals surface area (Å²) in [6, 6.07) is 17.7. The first-order chi connectivity index (χ1) is 31.6. The van der Waals surface area contributed by atoms with E-state index in [-0.39, 0.29) is 53.9 Å². The molecule has 4 amide bonds. The predicted octanol–water partition coefficient (Wildman–Crippen LogP) is 8.58. The van der Waals surface area contributed by atoms with Crippen molar-refractivity contribution in [1.29, 1.82) is 0 Å². The lowest BCUT2D eigenvalue weighted by Crippen LogP contribution is -2.56. The maximum Gasteiger partial charge on any atom is 0.410 e. The van der Waals surface area contributed by atoms with Gasteiger partial charge in [0.15, 0.2) is 5.78 Å². The van der Waals surface area contributed by atoms with Crippen molar-refractivity contribution >= 4 is 29.6 Å². The Morgan fingerprint density at radius 2 is 1.45 bits per heavy atom. The van der Waals surface area contributed by atoms with Crippen molar-refractivity contribution in [2.24, 2.45) is 29.6 Å². The number of rotatable bonds is 27. The van der Waals surface area contributed by atoms with Gasteiger partial charge in [-0.05, 0) is 82.3 Å². The van der Waals surface area contributed by atoms with E-state index >= 15 is 0 Å². The van der Waals surface area contributed by atoms with Crippen molar-refractivity contribution < 1.29 is 42.9 Å². The van der Waals surface area contributed by atoms with Crippen LogP contribution in [-0.2, 0) is 51.2 Å². The summed E-state index contributed by atoms with van der Waals surface area (Å²) in [6.07, 6.45) is 2.19. The van der Waals surface area contributed by atoms with Crippen LogP contribution in [0.3, 0.4) is 0 Å². The molecule has 1 saturated heterocycles. The Hall–Kier alpha value is -4.59. The van der Waals surface area contributed by atoms with E-state index in [1.807, 2.05) is 114 Å². The number of ether oxygens (including phenoxy) is 4. The van der Waals surface area contributed by atoms with E-state index in [9.17, 15) is 24.0 Å². The number of nitrogens with zero attached hydrogens (tertiary/aromatic N) is 2. The molecule has 0 saturated carbocycles. The highest BCUT2D eigenvalue weighted by Crippen LogP contribution is 2.32. The Morgan fingerprint density at radius 1 is 0.836 bits per heavy atom. The van der Waals surface area contributed by atoms with Crippen LogP contribution < -0.4 is 10.6 Å². The summed E-state index contributed by atoms with van der Waals surface area (Å²) in [7, 11) is 4.74. The Labute approximate surface area is 402 Å². The number of ketones is 1. The van der Waals surface area contributed by atoms with E-state index < -0.39 is 53.7 Å². The third-order valence-electron chi connectivity index (χ3n) is 13.1. The summed E-state index contributed by atoms with van der Waals surface area (Å²) in [6.45, 7) is 24.2. The molecule has 1 aliphatic rings. The fourth-order valence-electron chi connectivity index (χ4n) is 9.21. The van der Waals surface area contributed by atoms with Gasteiger partial charge in [-0.3, -0.25) is 24.1 Å². The minimum atomic E-state index is -0.848. The molecule has 2 aromatic rings. The number of hydrogen-bond acceptors (Lipinski definition) is 9. The number of methoxy groups -OCH3 is 2. The SMILES string of the molecule is C=C(CC)C(CCC(C)C(=O)[C@@H](NC(=O)[C@H](C(C)C)N(C)C(=O)OC(C)(C)C)C(C)C)[C@@H](CC(=O)N1CCC[C@H]1[C@H](OC)[C@@H](C)C(=O)N[C@H](COCc1ccccc1)Cc1ccccc1)OC. The van der Waals surface area contributed by atoms with Gasteiger partial charge >= 0.3 is 6.09 Å². The molecule has 0 bridgehead atoms. The number of benzene rings is 2. The van der Waals surface area contributed by atoms with Crippen molar-refractivity contribution in [1.82, 2.24) is 20.4 Å². The Balaban J connectivity index is 1.70. The van der Waals surface area contributed by atoms with Crippen LogP contribution in [0, 0.1) is 29.6 Å². The molecule has 1 heterocycles. The van der Waals surface area contributed by atoms with E-state index in [1.54, 1.807) is 42.0 Å². The summed E-state index contributed by atoms with van der Waals surface area (Å²) >= 11 is 0. The van der Waals surface area contributed by atoms with Gasteiger partial charge in [-0.15, -0.1) is 0 Å². The molecule has 67 heavy (non-hydrogen) atoms. The first kappa shape index (κ1) is 56.7. The molecule has 0 aliphatic carbocycles. The van der Waals surface area contributed by atoms with E-state index in [2.05, 4.69) is 17.2 Å². The molecule has 0 spiro atoms. The monoisotopic (exact) mass is 933 g/mol. The van der Waals surface area contributed by atoms with Crippen LogP contribution in [0.1, 0.15) is 119 Å². The van der Waals surface area contributed by atoms with E-state index in [0.29, 0.717) is 51.9 Å². The van der Waals surface area contributed by atoms with Gasteiger partial charge in [0.05, 0.1) is 55.9 Å². The highest BCUT2D eigenvalue weighted by Gasteiger charge is 2.42. The molecule has 1 fully saturated rings.